The maximum atomic E-state index is 10.9. The molecule has 0 bridgehead atoms. The fourth-order valence-electron chi connectivity index (χ4n) is 2.00. The van der Waals surface area contributed by atoms with Gasteiger partial charge in [0.05, 0.1) is 7.11 Å². The molecule has 0 heterocycles. The maximum absolute atomic E-state index is 10.9. The second-order valence-electron chi connectivity index (χ2n) is 5.00. The van der Waals surface area contributed by atoms with Gasteiger partial charge in [-0.15, -0.1) is 0 Å². The van der Waals surface area contributed by atoms with Crippen molar-refractivity contribution in [1.82, 2.24) is 10.6 Å². The van der Waals surface area contributed by atoms with Gasteiger partial charge in [0.2, 0.25) is 0 Å². The van der Waals surface area contributed by atoms with Crippen LogP contribution in [0.4, 0.5) is 4.79 Å². The van der Waals surface area contributed by atoms with Crippen molar-refractivity contribution >= 4 is 6.09 Å². The van der Waals surface area contributed by atoms with Gasteiger partial charge in [-0.25, -0.2) is 4.79 Å². The molecule has 2 rings (SSSR count). The van der Waals surface area contributed by atoms with E-state index >= 15 is 0 Å². The molecule has 2 N–H and O–H groups in total. The largest absolute Gasteiger partial charge is 0.453 e. The number of carbonyl (C=O) groups is 1. The summed E-state index contributed by atoms with van der Waals surface area (Å²) < 4.78 is 4.52. The van der Waals surface area contributed by atoms with Crippen molar-refractivity contribution in [2.75, 3.05) is 13.7 Å². The van der Waals surface area contributed by atoms with Crippen LogP contribution in [0.5, 0.6) is 0 Å². The Hall–Kier alpha value is -1.55. The van der Waals surface area contributed by atoms with Gasteiger partial charge >= 0.3 is 6.09 Å². The highest BCUT2D eigenvalue weighted by Gasteiger charge is 2.19. The summed E-state index contributed by atoms with van der Waals surface area (Å²) >= 11 is 0. The van der Waals surface area contributed by atoms with E-state index in [2.05, 4.69) is 39.6 Å². The molecule has 4 nitrogen and oxygen atoms in total. The molecular weight excluding hydrogens is 240 g/mol. The molecule has 0 atom stereocenters. The van der Waals surface area contributed by atoms with Crippen LogP contribution in [0.15, 0.2) is 24.3 Å². The van der Waals surface area contributed by atoms with E-state index in [0.717, 1.165) is 25.4 Å². The molecule has 0 aromatic heterocycles. The van der Waals surface area contributed by atoms with Gasteiger partial charge in [-0.05, 0) is 36.8 Å². The fraction of sp³-hybridized carbons (Fsp3) is 0.533. The molecule has 0 aliphatic heterocycles. The predicted octanol–water partition coefficient (Wildman–Crippen LogP) is 2.23. The number of ether oxygens (including phenoxy) is 1. The molecule has 1 aliphatic carbocycles. The van der Waals surface area contributed by atoms with Crippen molar-refractivity contribution in [2.45, 2.75) is 38.3 Å². The third-order valence-corrected chi connectivity index (χ3v) is 3.26. The van der Waals surface area contributed by atoms with Crippen LogP contribution in [-0.4, -0.2) is 25.8 Å². The fourth-order valence-corrected chi connectivity index (χ4v) is 2.00. The Bertz CT molecular complexity index is 416. The minimum absolute atomic E-state index is 0.359. The number of carbonyl (C=O) groups excluding carboxylic acids is 1. The van der Waals surface area contributed by atoms with Gasteiger partial charge in [-0.1, -0.05) is 24.3 Å². The lowest BCUT2D eigenvalue weighted by Gasteiger charge is -2.07. The normalized spacial score (nSPS) is 14.2. The number of alkyl carbamates (subject to hydrolysis) is 1. The highest BCUT2D eigenvalue weighted by atomic mass is 16.5. The number of rotatable bonds is 7. The van der Waals surface area contributed by atoms with Gasteiger partial charge < -0.3 is 15.4 Å². The molecule has 1 saturated carbocycles. The Morgan fingerprint density at radius 3 is 2.89 bits per heavy atom. The number of hydrogen-bond acceptors (Lipinski definition) is 3. The SMILES string of the molecule is COC(=O)NCCCc1cccc(CNC2CC2)c1. The Morgan fingerprint density at radius 1 is 1.37 bits per heavy atom. The third-order valence-electron chi connectivity index (χ3n) is 3.26. The highest BCUT2D eigenvalue weighted by Crippen LogP contribution is 2.19. The topological polar surface area (TPSA) is 50.4 Å². The van der Waals surface area contributed by atoms with Crippen molar-refractivity contribution in [1.29, 1.82) is 0 Å². The first-order valence-corrected chi connectivity index (χ1v) is 6.91. The Kier molecular flexibility index (Phi) is 5.21. The molecule has 0 spiro atoms. The molecule has 1 aromatic carbocycles. The second kappa shape index (κ2) is 7.14. The van der Waals surface area contributed by atoms with Crippen LogP contribution in [0.25, 0.3) is 0 Å². The summed E-state index contributed by atoms with van der Waals surface area (Å²) in [7, 11) is 1.38. The van der Waals surface area contributed by atoms with Gasteiger partial charge in [0, 0.05) is 19.1 Å². The van der Waals surface area contributed by atoms with Crippen LogP contribution in [-0.2, 0) is 17.7 Å². The Labute approximate surface area is 114 Å². The molecule has 1 fully saturated rings. The van der Waals surface area contributed by atoms with Crippen LogP contribution in [0.2, 0.25) is 0 Å². The lowest BCUT2D eigenvalue weighted by Crippen LogP contribution is -2.24. The number of amides is 1. The zero-order valence-electron chi connectivity index (χ0n) is 11.4. The summed E-state index contributed by atoms with van der Waals surface area (Å²) in [5.41, 5.74) is 2.66. The number of methoxy groups -OCH3 is 1. The van der Waals surface area contributed by atoms with E-state index in [-0.39, 0.29) is 6.09 Å². The first-order valence-electron chi connectivity index (χ1n) is 6.91. The molecule has 4 heteroatoms. The van der Waals surface area contributed by atoms with Crippen molar-refractivity contribution in [2.24, 2.45) is 0 Å². The zero-order chi connectivity index (χ0) is 13.5. The Balaban J connectivity index is 1.70. The number of benzene rings is 1. The monoisotopic (exact) mass is 262 g/mol. The number of nitrogens with one attached hydrogen (secondary N) is 2. The average molecular weight is 262 g/mol. The van der Waals surface area contributed by atoms with Gasteiger partial charge in [-0.2, -0.15) is 0 Å². The van der Waals surface area contributed by atoms with E-state index in [1.54, 1.807) is 0 Å². The van der Waals surface area contributed by atoms with Crippen molar-refractivity contribution < 1.29 is 9.53 Å². The summed E-state index contributed by atoms with van der Waals surface area (Å²) in [5, 5.41) is 6.21. The summed E-state index contributed by atoms with van der Waals surface area (Å²) in [6.07, 6.45) is 4.18. The molecule has 0 unspecified atom stereocenters. The lowest BCUT2D eigenvalue weighted by atomic mass is 10.1. The van der Waals surface area contributed by atoms with Gasteiger partial charge in [0.25, 0.3) is 0 Å². The molecule has 104 valence electrons. The highest BCUT2D eigenvalue weighted by molar-refractivity contribution is 5.66. The standard InChI is InChI=1S/C15H22N2O2/c1-19-15(18)16-9-3-6-12-4-2-5-13(10-12)11-17-14-7-8-14/h2,4-5,10,14,17H,3,6-9,11H2,1H3,(H,16,18). The van der Waals surface area contributed by atoms with Crippen molar-refractivity contribution in [3.05, 3.63) is 35.4 Å². The maximum Gasteiger partial charge on any atom is 0.406 e. The summed E-state index contributed by atoms with van der Waals surface area (Å²) in [6, 6.07) is 9.39. The van der Waals surface area contributed by atoms with Crippen LogP contribution >= 0.6 is 0 Å². The van der Waals surface area contributed by atoms with E-state index < -0.39 is 0 Å². The lowest BCUT2D eigenvalue weighted by molar-refractivity contribution is 0.171. The van der Waals surface area contributed by atoms with Crippen molar-refractivity contribution in [3.63, 3.8) is 0 Å². The predicted molar refractivity (Wildman–Crippen MR) is 75.0 cm³/mol. The van der Waals surface area contributed by atoms with Crippen LogP contribution < -0.4 is 10.6 Å². The van der Waals surface area contributed by atoms with E-state index in [1.165, 1.54) is 31.1 Å². The van der Waals surface area contributed by atoms with E-state index in [0.29, 0.717) is 6.54 Å². The summed E-state index contributed by atoms with van der Waals surface area (Å²) in [4.78, 5) is 10.9. The molecule has 0 saturated heterocycles. The molecular formula is C15H22N2O2. The van der Waals surface area contributed by atoms with Gasteiger partial charge in [-0.3, -0.25) is 0 Å². The zero-order valence-corrected chi connectivity index (χ0v) is 11.4. The van der Waals surface area contributed by atoms with Crippen LogP contribution in [0, 0.1) is 0 Å². The quantitative estimate of drug-likeness (QED) is 0.741. The summed E-state index contributed by atoms with van der Waals surface area (Å²) in [5.74, 6) is 0. The number of hydrogen-bond donors (Lipinski definition) is 2. The molecule has 1 aliphatic rings. The number of aryl methyl sites for hydroxylation is 1. The summed E-state index contributed by atoms with van der Waals surface area (Å²) in [6.45, 7) is 1.61. The van der Waals surface area contributed by atoms with Gasteiger partial charge in [0.15, 0.2) is 0 Å². The smallest absolute Gasteiger partial charge is 0.406 e. The Morgan fingerprint density at radius 2 is 2.16 bits per heavy atom. The first kappa shape index (κ1) is 13.9. The van der Waals surface area contributed by atoms with Crippen molar-refractivity contribution in [3.8, 4) is 0 Å². The first-order chi connectivity index (χ1) is 9.28. The molecule has 19 heavy (non-hydrogen) atoms. The molecule has 1 amide bonds. The average Bonchev–Trinajstić information content (AvgIpc) is 3.26. The van der Waals surface area contributed by atoms with E-state index in [1.807, 2.05) is 0 Å². The van der Waals surface area contributed by atoms with Crippen LogP contribution in [0.3, 0.4) is 0 Å². The molecule has 1 aromatic rings. The van der Waals surface area contributed by atoms with Crippen LogP contribution in [0.1, 0.15) is 30.4 Å². The van der Waals surface area contributed by atoms with E-state index in [9.17, 15) is 4.79 Å². The third kappa shape index (κ3) is 5.30. The minimum Gasteiger partial charge on any atom is -0.453 e. The minimum atomic E-state index is -0.359. The van der Waals surface area contributed by atoms with E-state index in [4.69, 9.17) is 0 Å². The molecule has 0 radical (unpaired) electrons. The van der Waals surface area contributed by atoms with Gasteiger partial charge in [0.1, 0.15) is 0 Å². The second-order valence-corrected chi connectivity index (χ2v) is 5.00.